The van der Waals surface area contributed by atoms with Crippen LogP contribution in [0.4, 0.5) is 0 Å². The molecular weight excluding hydrogens is 194 g/mol. The van der Waals surface area contributed by atoms with Crippen LogP contribution in [0, 0.1) is 5.41 Å². The Morgan fingerprint density at radius 2 is 2.21 bits per heavy atom. The van der Waals surface area contributed by atoms with Gasteiger partial charge in [0.2, 0.25) is 0 Å². The predicted octanol–water partition coefficient (Wildman–Crippen LogP) is 2.43. The molecule has 4 heteroatoms. The molecule has 0 amide bonds. The van der Waals surface area contributed by atoms with Gasteiger partial charge in [0.25, 0.3) is 0 Å². The quantitative estimate of drug-likeness (QED) is 0.593. The van der Waals surface area contributed by atoms with Crippen molar-refractivity contribution in [2.75, 3.05) is 0 Å². The fourth-order valence-corrected chi connectivity index (χ4v) is 2.44. The van der Waals surface area contributed by atoms with E-state index in [1.165, 1.54) is 12.8 Å². The first kappa shape index (κ1) is 9.65. The van der Waals surface area contributed by atoms with Gasteiger partial charge in [-0.05, 0) is 12.8 Å². The molecule has 1 heterocycles. The summed E-state index contributed by atoms with van der Waals surface area (Å²) in [5.74, 6) is 1.19. The van der Waals surface area contributed by atoms with E-state index in [-0.39, 0.29) is 5.84 Å². The average Bonchev–Trinajstić information content (AvgIpc) is 2.83. The molecule has 0 spiro atoms. The van der Waals surface area contributed by atoms with Crippen LogP contribution in [0.15, 0.2) is 0 Å². The van der Waals surface area contributed by atoms with E-state index in [2.05, 4.69) is 18.8 Å². The molecular formula is C10H15N3S. The molecule has 0 radical (unpaired) electrons. The summed E-state index contributed by atoms with van der Waals surface area (Å²) in [4.78, 5) is 5.49. The lowest BCUT2D eigenvalue weighted by Crippen LogP contribution is -2.11. The van der Waals surface area contributed by atoms with Gasteiger partial charge in [0.05, 0.1) is 15.6 Å². The predicted molar refractivity (Wildman–Crippen MR) is 59.2 cm³/mol. The van der Waals surface area contributed by atoms with E-state index in [1.54, 1.807) is 11.3 Å². The Bertz CT molecular complexity index is 363. The summed E-state index contributed by atoms with van der Waals surface area (Å²) >= 11 is 1.58. The summed E-state index contributed by atoms with van der Waals surface area (Å²) in [6.07, 6.45) is 2.42. The molecule has 0 aromatic carbocycles. The fraction of sp³-hybridized carbons (Fsp3) is 0.600. The molecule has 0 unspecified atom stereocenters. The summed E-state index contributed by atoms with van der Waals surface area (Å²) < 4.78 is 0. The Labute approximate surface area is 87.9 Å². The number of rotatable bonds is 3. The van der Waals surface area contributed by atoms with Crippen LogP contribution in [0.5, 0.6) is 0 Å². The van der Waals surface area contributed by atoms with Crippen LogP contribution in [-0.4, -0.2) is 10.8 Å². The van der Waals surface area contributed by atoms with Crippen LogP contribution in [-0.2, 0) is 0 Å². The minimum Gasteiger partial charge on any atom is -0.383 e. The number of nitrogens with two attached hydrogens (primary N) is 1. The van der Waals surface area contributed by atoms with Crippen molar-refractivity contribution < 1.29 is 0 Å². The van der Waals surface area contributed by atoms with Crippen LogP contribution in [0.2, 0.25) is 0 Å². The van der Waals surface area contributed by atoms with Crippen LogP contribution < -0.4 is 5.73 Å². The highest BCUT2D eigenvalue weighted by atomic mass is 32.1. The third kappa shape index (κ3) is 1.66. The molecule has 0 bridgehead atoms. The molecule has 1 aromatic heterocycles. The Balaban J connectivity index is 2.40. The summed E-state index contributed by atoms with van der Waals surface area (Å²) in [5.41, 5.74) is 6.62. The molecule has 1 aliphatic rings. The molecule has 3 N–H and O–H groups in total. The first-order valence-electron chi connectivity index (χ1n) is 4.94. The summed E-state index contributed by atoms with van der Waals surface area (Å²) in [5, 5.41) is 8.61. The van der Waals surface area contributed by atoms with Gasteiger partial charge in [-0.25, -0.2) is 4.98 Å². The Morgan fingerprint density at radius 1 is 1.57 bits per heavy atom. The standard InChI is InChI=1S/C10H15N3S/c1-5(2)10-13-7(6-3-4-6)8(14-10)9(11)12/h5-6H,3-4H2,1-2H3,(H3,11,12). The van der Waals surface area contributed by atoms with Crippen molar-refractivity contribution in [1.82, 2.24) is 4.98 Å². The number of hydrogen-bond donors (Lipinski definition) is 2. The maximum atomic E-state index is 7.50. The first-order valence-corrected chi connectivity index (χ1v) is 5.76. The molecule has 1 saturated carbocycles. The number of amidine groups is 1. The van der Waals surface area contributed by atoms with Crippen molar-refractivity contribution >= 4 is 17.2 Å². The van der Waals surface area contributed by atoms with Gasteiger partial charge in [-0.1, -0.05) is 13.8 Å². The second kappa shape index (κ2) is 3.35. The van der Waals surface area contributed by atoms with E-state index >= 15 is 0 Å². The fourth-order valence-electron chi connectivity index (χ4n) is 1.42. The summed E-state index contributed by atoms with van der Waals surface area (Å²) in [6, 6.07) is 0. The van der Waals surface area contributed by atoms with Crippen molar-refractivity contribution in [3.63, 3.8) is 0 Å². The number of hydrogen-bond acceptors (Lipinski definition) is 3. The zero-order valence-corrected chi connectivity index (χ0v) is 9.32. The van der Waals surface area contributed by atoms with E-state index in [9.17, 15) is 0 Å². The van der Waals surface area contributed by atoms with Crippen molar-refractivity contribution in [1.29, 1.82) is 5.41 Å². The first-order chi connectivity index (χ1) is 6.59. The SMILES string of the molecule is CC(C)c1nc(C2CC2)c(C(=N)N)s1. The highest BCUT2D eigenvalue weighted by molar-refractivity contribution is 7.14. The molecule has 14 heavy (non-hydrogen) atoms. The highest BCUT2D eigenvalue weighted by Crippen LogP contribution is 2.43. The normalized spacial score (nSPS) is 16.2. The summed E-state index contributed by atoms with van der Waals surface area (Å²) in [7, 11) is 0. The highest BCUT2D eigenvalue weighted by Gasteiger charge is 2.30. The zero-order valence-electron chi connectivity index (χ0n) is 8.50. The molecule has 1 fully saturated rings. The lowest BCUT2D eigenvalue weighted by atomic mass is 10.2. The maximum Gasteiger partial charge on any atom is 0.135 e. The maximum absolute atomic E-state index is 7.50. The monoisotopic (exact) mass is 209 g/mol. The minimum absolute atomic E-state index is 0.177. The van der Waals surface area contributed by atoms with Gasteiger partial charge in [0, 0.05) is 11.8 Å². The lowest BCUT2D eigenvalue weighted by Gasteiger charge is -1.95. The van der Waals surface area contributed by atoms with Crippen molar-refractivity contribution in [3.05, 3.63) is 15.6 Å². The lowest BCUT2D eigenvalue weighted by molar-refractivity contribution is 0.838. The average molecular weight is 209 g/mol. The molecule has 0 atom stereocenters. The van der Waals surface area contributed by atoms with Gasteiger partial charge in [-0.2, -0.15) is 0 Å². The van der Waals surface area contributed by atoms with E-state index in [1.807, 2.05) is 0 Å². The number of thiazole rings is 1. The Hall–Kier alpha value is -0.900. The smallest absolute Gasteiger partial charge is 0.135 e. The van der Waals surface area contributed by atoms with Gasteiger partial charge in [0.1, 0.15) is 5.84 Å². The second-order valence-corrected chi connectivity index (χ2v) is 5.14. The number of nitrogens with zero attached hydrogens (tertiary/aromatic N) is 1. The third-order valence-corrected chi connectivity index (χ3v) is 3.78. The van der Waals surface area contributed by atoms with Crippen LogP contribution in [0.3, 0.4) is 0 Å². The van der Waals surface area contributed by atoms with Crippen LogP contribution >= 0.6 is 11.3 Å². The Kier molecular flexibility index (Phi) is 2.31. The van der Waals surface area contributed by atoms with E-state index < -0.39 is 0 Å². The van der Waals surface area contributed by atoms with Crippen molar-refractivity contribution in [3.8, 4) is 0 Å². The molecule has 0 aliphatic heterocycles. The second-order valence-electron chi connectivity index (χ2n) is 4.11. The number of aromatic nitrogens is 1. The largest absolute Gasteiger partial charge is 0.383 e. The number of nitrogens with one attached hydrogen (secondary N) is 1. The van der Waals surface area contributed by atoms with Crippen molar-refractivity contribution in [2.24, 2.45) is 5.73 Å². The molecule has 2 rings (SSSR count). The van der Waals surface area contributed by atoms with Crippen molar-refractivity contribution in [2.45, 2.75) is 38.5 Å². The van der Waals surface area contributed by atoms with E-state index in [4.69, 9.17) is 11.1 Å². The van der Waals surface area contributed by atoms with Crippen LogP contribution in [0.1, 0.15) is 54.1 Å². The topological polar surface area (TPSA) is 62.8 Å². The molecule has 0 saturated heterocycles. The van der Waals surface area contributed by atoms with E-state index in [0.717, 1.165) is 15.6 Å². The van der Waals surface area contributed by atoms with Gasteiger partial charge in [0.15, 0.2) is 0 Å². The van der Waals surface area contributed by atoms with Gasteiger partial charge < -0.3 is 5.73 Å². The minimum atomic E-state index is 0.177. The van der Waals surface area contributed by atoms with Crippen LogP contribution in [0.25, 0.3) is 0 Å². The molecule has 76 valence electrons. The Morgan fingerprint density at radius 3 is 2.64 bits per heavy atom. The van der Waals surface area contributed by atoms with E-state index in [0.29, 0.717) is 11.8 Å². The number of nitrogen functional groups attached to an aromatic ring is 1. The summed E-state index contributed by atoms with van der Waals surface area (Å²) in [6.45, 7) is 4.25. The van der Waals surface area contributed by atoms with Gasteiger partial charge in [-0.15, -0.1) is 11.3 Å². The molecule has 3 nitrogen and oxygen atoms in total. The third-order valence-electron chi connectivity index (χ3n) is 2.37. The van der Waals surface area contributed by atoms with Gasteiger partial charge in [-0.3, -0.25) is 5.41 Å². The molecule has 1 aromatic rings. The zero-order chi connectivity index (χ0) is 10.3. The van der Waals surface area contributed by atoms with Gasteiger partial charge >= 0.3 is 0 Å². The molecule has 1 aliphatic carbocycles.